The van der Waals surface area contributed by atoms with Crippen LogP contribution < -0.4 is 10.1 Å². The molecule has 2 aromatic rings. The molecule has 0 bridgehead atoms. The van der Waals surface area contributed by atoms with E-state index in [1.165, 1.54) is 11.1 Å². The van der Waals surface area contributed by atoms with E-state index in [1.54, 1.807) is 0 Å². The minimum absolute atomic E-state index is 0.189. The average molecular weight is 332 g/mol. The highest BCUT2D eigenvalue weighted by molar-refractivity contribution is 6.30. The third-order valence-corrected chi connectivity index (χ3v) is 4.05. The topological polar surface area (TPSA) is 21.3 Å². The van der Waals surface area contributed by atoms with E-state index in [1.807, 2.05) is 25.2 Å². The molecule has 0 heterocycles. The van der Waals surface area contributed by atoms with Crippen molar-refractivity contribution in [3.05, 3.63) is 64.7 Å². The molecule has 0 aromatic heterocycles. The summed E-state index contributed by atoms with van der Waals surface area (Å²) in [4.78, 5) is 0. The Morgan fingerprint density at radius 3 is 2.57 bits per heavy atom. The van der Waals surface area contributed by atoms with Gasteiger partial charge in [0.05, 0.1) is 6.10 Å². The zero-order valence-electron chi connectivity index (χ0n) is 14.2. The number of benzene rings is 2. The van der Waals surface area contributed by atoms with E-state index in [-0.39, 0.29) is 6.10 Å². The Balaban J connectivity index is 2.20. The third kappa shape index (κ3) is 5.89. The van der Waals surface area contributed by atoms with Gasteiger partial charge in [-0.05, 0) is 81.6 Å². The molecular weight excluding hydrogens is 306 g/mol. The fourth-order valence-electron chi connectivity index (χ4n) is 2.77. The van der Waals surface area contributed by atoms with Gasteiger partial charge in [-0.1, -0.05) is 35.9 Å². The van der Waals surface area contributed by atoms with Gasteiger partial charge < -0.3 is 10.1 Å². The van der Waals surface area contributed by atoms with Crippen molar-refractivity contribution in [1.82, 2.24) is 5.32 Å². The van der Waals surface area contributed by atoms with Crippen molar-refractivity contribution in [1.29, 1.82) is 0 Å². The number of ether oxygens (including phenoxy) is 1. The minimum atomic E-state index is 0.189. The molecule has 0 saturated carbocycles. The van der Waals surface area contributed by atoms with Crippen molar-refractivity contribution in [3.8, 4) is 5.75 Å². The van der Waals surface area contributed by atoms with Crippen LogP contribution in [0, 0.1) is 0 Å². The highest BCUT2D eigenvalue weighted by Gasteiger charge is 2.13. The first-order valence-corrected chi connectivity index (χ1v) is 8.62. The predicted octanol–water partition coefficient (Wildman–Crippen LogP) is 5.06. The fourth-order valence-corrected chi connectivity index (χ4v) is 2.98. The van der Waals surface area contributed by atoms with Gasteiger partial charge in [0.15, 0.2) is 0 Å². The van der Waals surface area contributed by atoms with Gasteiger partial charge in [-0.25, -0.2) is 0 Å². The van der Waals surface area contributed by atoms with E-state index in [0.717, 1.165) is 30.2 Å². The smallest absolute Gasteiger partial charge is 0.119 e. The first kappa shape index (κ1) is 17.8. The molecule has 3 heteroatoms. The summed E-state index contributed by atoms with van der Waals surface area (Å²) in [5.41, 5.74) is 2.59. The maximum absolute atomic E-state index is 6.13. The molecule has 0 aliphatic heterocycles. The van der Waals surface area contributed by atoms with Crippen LogP contribution in [0.4, 0.5) is 0 Å². The van der Waals surface area contributed by atoms with Gasteiger partial charge in [0.2, 0.25) is 0 Å². The van der Waals surface area contributed by atoms with Gasteiger partial charge in [0.1, 0.15) is 5.75 Å². The van der Waals surface area contributed by atoms with Crippen LogP contribution in [0.5, 0.6) is 5.75 Å². The highest BCUT2D eigenvalue weighted by Crippen LogP contribution is 2.28. The van der Waals surface area contributed by atoms with Crippen molar-refractivity contribution in [3.63, 3.8) is 0 Å². The second kappa shape index (κ2) is 8.95. The summed E-state index contributed by atoms with van der Waals surface area (Å²) in [5.74, 6) is 1.38. The van der Waals surface area contributed by atoms with E-state index in [2.05, 4.69) is 49.5 Å². The van der Waals surface area contributed by atoms with Gasteiger partial charge in [-0.3, -0.25) is 0 Å². The van der Waals surface area contributed by atoms with Gasteiger partial charge in [0.25, 0.3) is 0 Å². The lowest BCUT2D eigenvalue weighted by Crippen LogP contribution is -2.14. The number of rotatable bonds is 8. The van der Waals surface area contributed by atoms with Crippen molar-refractivity contribution >= 4 is 11.6 Å². The Morgan fingerprint density at radius 1 is 1.09 bits per heavy atom. The summed E-state index contributed by atoms with van der Waals surface area (Å²) in [6.45, 7) is 5.09. The molecule has 1 unspecified atom stereocenters. The van der Waals surface area contributed by atoms with Crippen molar-refractivity contribution in [2.24, 2.45) is 0 Å². The Morgan fingerprint density at radius 2 is 1.87 bits per heavy atom. The van der Waals surface area contributed by atoms with E-state index in [4.69, 9.17) is 16.3 Å². The molecule has 23 heavy (non-hydrogen) atoms. The molecule has 124 valence electrons. The fraction of sp³-hybridized carbons (Fsp3) is 0.400. The lowest BCUT2D eigenvalue weighted by molar-refractivity contribution is 0.242. The van der Waals surface area contributed by atoms with Gasteiger partial charge in [-0.2, -0.15) is 0 Å². The maximum Gasteiger partial charge on any atom is 0.119 e. The largest absolute Gasteiger partial charge is 0.491 e. The molecule has 0 aliphatic carbocycles. The van der Waals surface area contributed by atoms with Crippen LogP contribution in [0.15, 0.2) is 48.5 Å². The zero-order chi connectivity index (χ0) is 16.7. The normalized spacial score (nSPS) is 12.4. The molecule has 0 fully saturated rings. The molecule has 2 rings (SSSR count). The lowest BCUT2D eigenvalue weighted by atomic mass is 9.89. The molecule has 0 amide bonds. The highest BCUT2D eigenvalue weighted by atomic mass is 35.5. The second-order valence-electron chi connectivity index (χ2n) is 6.16. The number of halogens is 1. The second-order valence-corrected chi connectivity index (χ2v) is 6.60. The molecule has 1 N–H and O–H groups in total. The van der Waals surface area contributed by atoms with Crippen LogP contribution in [0.2, 0.25) is 5.02 Å². The van der Waals surface area contributed by atoms with E-state index in [9.17, 15) is 0 Å². The molecule has 1 atom stereocenters. The summed E-state index contributed by atoms with van der Waals surface area (Å²) >= 11 is 6.13. The molecule has 0 aliphatic rings. The van der Waals surface area contributed by atoms with Crippen molar-refractivity contribution < 1.29 is 4.74 Å². The van der Waals surface area contributed by atoms with Crippen LogP contribution in [-0.4, -0.2) is 19.7 Å². The van der Waals surface area contributed by atoms with E-state index >= 15 is 0 Å². The Hall–Kier alpha value is -1.51. The quantitative estimate of drug-likeness (QED) is 0.729. The minimum Gasteiger partial charge on any atom is -0.491 e. The lowest BCUT2D eigenvalue weighted by Gasteiger charge is -2.19. The summed E-state index contributed by atoms with van der Waals surface area (Å²) in [6.07, 6.45) is 2.25. The van der Waals surface area contributed by atoms with Gasteiger partial charge >= 0.3 is 0 Å². The van der Waals surface area contributed by atoms with Crippen LogP contribution in [0.3, 0.4) is 0 Å². The number of nitrogens with one attached hydrogen (secondary N) is 1. The van der Waals surface area contributed by atoms with Crippen molar-refractivity contribution in [2.75, 3.05) is 13.6 Å². The van der Waals surface area contributed by atoms with Gasteiger partial charge in [-0.15, -0.1) is 0 Å². The average Bonchev–Trinajstić information content (AvgIpc) is 2.51. The predicted molar refractivity (Wildman–Crippen MR) is 98.6 cm³/mol. The summed E-state index contributed by atoms with van der Waals surface area (Å²) in [5, 5.41) is 4.05. The van der Waals surface area contributed by atoms with Crippen LogP contribution in [0.25, 0.3) is 0 Å². The maximum atomic E-state index is 6.13. The third-order valence-electron chi connectivity index (χ3n) is 3.82. The van der Waals surface area contributed by atoms with Crippen molar-refractivity contribution in [2.45, 2.75) is 38.7 Å². The summed E-state index contributed by atoms with van der Waals surface area (Å²) < 4.78 is 5.84. The zero-order valence-corrected chi connectivity index (χ0v) is 14.9. The summed E-state index contributed by atoms with van der Waals surface area (Å²) in [6, 6.07) is 16.6. The van der Waals surface area contributed by atoms with Crippen LogP contribution in [0.1, 0.15) is 37.3 Å². The standard InChI is InChI=1S/C20H26ClNO/c1-15(2)23-20-9-5-7-17(14-20)18(10-11-22-3)12-16-6-4-8-19(21)13-16/h4-9,13-15,18,22H,10-12H2,1-3H3. The van der Waals surface area contributed by atoms with E-state index < -0.39 is 0 Å². The number of hydrogen-bond donors (Lipinski definition) is 1. The number of hydrogen-bond acceptors (Lipinski definition) is 2. The Kier molecular flexibility index (Phi) is 6.94. The van der Waals surface area contributed by atoms with E-state index in [0.29, 0.717) is 5.92 Å². The molecule has 0 spiro atoms. The Labute approximate surface area is 144 Å². The monoisotopic (exact) mass is 331 g/mol. The molecular formula is C20H26ClNO. The molecule has 0 saturated heterocycles. The molecule has 2 nitrogen and oxygen atoms in total. The Bertz CT molecular complexity index is 612. The summed E-state index contributed by atoms with van der Waals surface area (Å²) in [7, 11) is 1.99. The van der Waals surface area contributed by atoms with Crippen LogP contribution in [-0.2, 0) is 6.42 Å². The molecule has 2 aromatic carbocycles. The van der Waals surface area contributed by atoms with Crippen LogP contribution >= 0.6 is 11.6 Å². The first-order chi connectivity index (χ1) is 11.1. The van der Waals surface area contributed by atoms with Gasteiger partial charge in [0, 0.05) is 5.02 Å². The SMILES string of the molecule is CNCCC(Cc1cccc(Cl)c1)c1cccc(OC(C)C)c1. The molecule has 0 radical (unpaired) electrons. The first-order valence-electron chi connectivity index (χ1n) is 8.24.